The Labute approximate surface area is 311 Å². The molecular formula is C39H65N7O6. The predicted molar refractivity (Wildman–Crippen MR) is 201 cm³/mol. The minimum atomic E-state index is -0.999. The van der Waals surface area contributed by atoms with Crippen molar-refractivity contribution in [2.45, 2.75) is 163 Å². The van der Waals surface area contributed by atoms with E-state index in [9.17, 15) is 28.8 Å². The molecule has 13 heteroatoms. The lowest BCUT2D eigenvalue weighted by molar-refractivity contribution is -0.145. The van der Waals surface area contributed by atoms with Crippen molar-refractivity contribution in [3.63, 3.8) is 0 Å². The van der Waals surface area contributed by atoms with Crippen LogP contribution in [0.25, 0.3) is 0 Å². The third-order valence-electron chi connectivity index (χ3n) is 9.47. The Bertz CT molecular complexity index is 1280. The van der Waals surface area contributed by atoms with Gasteiger partial charge in [0.25, 0.3) is 11.8 Å². The fourth-order valence-corrected chi connectivity index (χ4v) is 6.44. The number of hydrogen-bond donors (Lipinski definition) is 4. The molecular weight excluding hydrogens is 662 g/mol. The number of hydrogen-bond acceptors (Lipinski definition) is 8. The number of unbranched alkanes of at least 4 members (excludes halogenated alkanes) is 1. The van der Waals surface area contributed by atoms with Gasteiger partial charge in [-0.2, -0.15) is 0 Å². The van der Waals surface area contributed by atoms with Crippen LogP contribution in [0.5, 0.6) is 0 Å². The van der Waals surface area contributed by atoms with Gasteiger partial charge in [0, 0.05) is 25.0 Å². The van der Waals surface area contributed by atoms with Crippen LogP contribution in [0.1, 0.15) is 149 Å². The van der Waals surface area contributed by atoms with Gasteiger partial charge >= 0.3 is 0 Å². The monoisotopic (exact) mass is 727 g/mol. The van der Waals surface area contributed by atoms with Crippen molar-refractivity contribution in [2.75, 3.05) is 13.1 Å². The van der Waals surface area contributed by atoms with E-state index in [2.05, 4.69) is 38.2 Å². The lowest BCUT2D eigenvalue weighted by Crippen LogP contribution is -2.60. The van der Waals surface area contributed by atoms with Crippen LogP contribution in [0.4, 0.5) is 0 Å². The Kier molecular flexibility index (Phi) is 19.5. The summed E-state index contributed by atoms with van der Waals surface area (Å²) in [6, 6.07) is -2.84. The van der Waals surface area contributed by atoms with Crippen molar-refractivity contribution >= 4 is 35.3 Å². The van der Waals surface area contributed by atoms with Gasteiger partial charge in [-0.3, -0.25) is 33.8 Å². The second kappa shape index (κ2) is 22.9. The van der Waals surface area contributed by atoms with E-state index in [1.807, 2.05) is 41.5 Å². The van der Waals surface area contributed by atoms with E-state index in [0.717, 1.165) is 25.7 Å². The average Bonchev–Trinajstić information content (AvgIpc) is 3.87. The van der Waals surface area contributed by atoms with E-state index in [-0.39, 0.29) is 24.2 Å². The van der Waals surface area contributed by atoms with Crippen molar-refractivity contribution in [2.24, 2.45) is 11.3 Å². The maximum Gasteiger partial charge on any atom is 0.289 e. The molecule has 1 aromatic heterocycles. The molecule has 0 spiro atoms. The van der Waals surface area contributed by atoms with E-state index in [4.69, 9.17) is 0 Å². The maximum absolute atomic E-state index is 14.1. The maximum atomic E-state index is 14.1. The third kappa shape index (κ3) is 14.6. The molecule has 0 bridgehead atoms. The van der Waals surface area contributed by atoms with E-state index in [1.54, 1.807) is 0 Å². The molecule has 3 fully saturated rings. The lowest BCUT2D eigenvalue weighted by Gasteiger charge is -2.36. The first-order valence-corrected chi connectivity index (χ1v) is 19.7. The second-order valence-electron chi connectivity index (χ2n) is 14.9. The van der Waals surface area contributed by atoms with Gasteiger partial charge in [-0.25, -0.2) is 4.98 Å². The zero-order valence-electron chi connectivity index (χ0n) is 32.7. The number of rotatable bonds is 15. The summed E-state index contributed by atoms with van der Waals surface area (Å²) in [5, 5.41) is 10.7. The summed E-state index contributed by atoms with van der Waals surface area (Å²) in [7, 11) is 0. The minimum absolute atomic E-state index is 0.00988. The number of carbonyl (C=O) groups excluding carboxylic acids is 6. The Morgan fingerprint density at radius 3 is 2.04 bits per heavy atom. The summed E-state index contributed by atoms with van der Waals surface area (Å²) in [6.07, 6.45) is 18.7. The van der Waals surface area contributed by atoms with E-state index >= 15 is 0 Å². The van der Waals surface area contributed by atoms with Gasteiger partial charge in [0.1, 0.15) is 17.8 Å². The van der Waals surface area contributed by atoms with Crippen molar-refractivity contribution in [3.05, 3.63) is 24.3 Å². The van der Waals surface area contributed by atoms with Gasteiger partial charge in [0.05, 0.1) is 18.8 Å². The number of likely N-dealkylation sites (tertiary alicyclic amines) is 1. The fraction of sp³-hybridized carbons (Fsp3) is 0.744. The standard InChI is InChI=1S/C31H47N7O6.C6H12.C2H6/c1-6-8-10-19-13-16-38(24(19)28(42)36-21(9-7-2)25(40)29(43)35-20-11-12-20)30(44)26(31(3,4)5)37-23(39)18-34-27(41)22-17-32-14-15-33-22;1-2-4-6-5-3-1;1-2/h14-15,17,19-21,24,26H,6-13,16,18H2,1-5H3,(H,34,41)(H,35,43)(H,36,42)(H,37,39);1-6H2;1-2H3/t19-,21?,24?,26?;;/m0../s1. The Morgan fingerprint density at radius 1 is 0.885 bits per heavy atom. The lowest BCUT2D eigenvalue weighted by atomic mass is 9.85. The molecule has 0 aromatic carbocycles. The molecule has 5 amide bonds. The number of nitrogens with one attached hydrogen (secondary N) is 4. The SMILES string of the molecule is C1CCCCC1.CC.CCCC[C@H]1CCN(C(=O)C(NC(=O)CNC(=O)c2cnccn2)C(C)(C)C)C1C(=O)NC(CCC)C(=O)C(=O)NC1CC1. The number of amides is 5. The molecule has 52 heavy (non-hydrogen) atoms. The van der Waals surface area contributed by atoms with Gasteiger partial charge < -0.3 is 26.2 Å². The zero-order valence-corrected chi connectivity index (χ0v) is 32.7. The molecule has 4 N–H and O–H groups in total. The average molecular weight is 728 g/mol. The Balaban J connectivity index is 0.00000104. The topological polar surface area (TPSA) is 180 Å². The molecule has 3 aliphatic rings. The highest BCUT2D eigenvalue weighted by molar-refractivity contribution is 6.38. The molecule has 2 saturated carbocycles. The van der Waals surface area contributed by atoms with Crippen LogP contribution in [0.15, 0.2) is 18.6 Å². The van der Waals surface area contributed by atoms with Gasteiger partial charge in [-0.05, 0) is 43.4 Å². The van der Waals surface area contributed by atoms with E-state index in [0.29, 0.717) is 32.2 Å². The molecule has 1 aromatic rings. The highest BCUT2D eigenvalue weighted by Crippen LogP contribution is 2.32. The van der Waals surface area contributed by atoms with E-state index in [1.165, 1.54) is 62.0 Å². The molecule has 3 unspecified atom stereocenters. The van der Waals surface area contributed by atoms with Crippen LogP contribution in [-0.2, 0) is 24.0 Å². The molecule has 4 rings (SSSR count). The summed E-state index contributed by atoms with van der Waals surface area (Å²) in [5.41, 5.74) is -0.677. The first kappa shape index (κ1) is 44.3. The van der Waals surface area contributed by atoms with Crippen molar-refractivity contribution in [3.8, 4) is 0 Å². The molecule has 292 valence electrons. The Morgan fingerprint density at radius 2 is 1.52 bits per heavy atom. The Hall–Kier alpha value is -3.90. The largest absolute Gasteiger partial charge is 0.347 e. The molecule has 1 aliphatic heterocycles. The number of carbonyl (C=O) groups is 6. The van der Waals surface area contributed by atoms with Crippen LogP contribution in [0.2, 0.25) is 0 Å². The van der Waals surface area contributed by atoms with Crippen molar-refractivity contribution in [1.29, 1.82) is 0 Å². The highest BCUT2D eigenvalue weighted by atomic mass is 16.2. The number of ketones is 1. The predicted octanol–water partition coefficient (Wildman–Crippen LogP) is 4.64. The highest BCUT2D eigenvalue weighted by Gasteiger charge is 2.46. The van der Waals surface area contributed by atoms with Crippen LogP contribution >= 0.6 is 0 Å². The first-order chi connectivity index (χ1) is 24.9. The van der Waals surface area contributed by atoms with Gasteiger partial charge in [-0.1, -0.05) is 106 Å². The molecule has 4 atom stereocenters. The minimum Gasteiger partial charge on any atom is -0.347 e. The van der Waals surface area contributed by atoms with Crippen LogP contribution < -0.4 is 21.3 Å². The van der Waals surface area contributed by atoms with E-state index < -0.39 is 58.9 Å². The number of aromatic nitrogens is 2. The van der Waals surface area contributed by atoms with Crippen molar-refractivity contribution in [1.82, 2.24) is 36.1 Å². The molecule has 13 nitrogen and oxygen atoms in total. The second-order valence-corrected chi connectivity index (χ2v) is 14.9. The zero-order chi connectivity index (χ0) is 38.7. The quantitative estimate of drug-likeness (QED) is 0.189. The normalized spacial score (nSPS) is 19.3. The fourth-order valence-electron chi connectivity index (χ4n) is 6.44. The van der Waals surface area contributed by atoms with Gasteiger partial charge in [-0.15, -0.1) is 0 Å². The summed E-state index contributed by atoms with van der Waals surface area (Å²) >= 11 is 0. The summed E-state index contributed by atoms with van der Waals surface area (Å²) in [4.78, 5) is 88.0. The third-order valence-corrected chi connectivity index (χ3v) is 9.47. The van der Waals surface area contributed by atoms with Crippen LogP contribution in [0, 0.1) is 11.3 Å². The van der Waals surface area contributed by atoms with Gasteiger partial charge in [0.15, 0.2) is 0 Å². The molecule has 2 heterocycles. The first-order valence-electron chi connectivity index (χ1n) is 19.7. The molecule has 1 saturated heterocycles. The smallest absolute Gasteiger partial charge is 0.289 e. The molecule has 2 aliphatic carbocycles. The summed E-state index contributed by atoms with van der Waals surface area (Å²) in [6.45, 7) is 13.3. The number of nitrogens with zero attached hydrogens (tertiary/aromatic N) is 3. The van der Waals surface area contributed by atoms with Crippen molar-refractivity contribution < 1.29 is 28.8 Å². The van der Waals surface area contributed by atoms with Crippen LogP contribution in [-0.4, -0.2) is 87.4 Å². The molecule has 0 radical (unpaired) electrons. The summed E-state index contributed by atoms with van der Waals surface area (Å²) < 4.78 is 0. The summed E-state index contributed by atoms with van der Waals surface area (Å²) in [5.74, 6) is -3.57. The van der Waals surface area contributed by atoms with Crippen LogP contribution in [0.3, 0.4) is 0 Å². The van der Waals surface area contributed by atoms with Gasteiger partial charge in [0.2, 0.25) is 23.5 Å². The number of Topliss-reactive ketones (excluding diaryl/α,β-unsaturated/α-hetero) is 1.